The maximum Gasteiger partial charge on any atom is 0.282 e. The maximum atomic E-state index is 11.7. The molecule has 88 valence electrons. The summed E-state index contributed by atoms with van der Waals surface area (Å²) in [6.07, 6.45) is 1.01. The van der Waals surface area contributed by atoms with Gasteiger partial charge in [-0.05, 0) is 6.42 Å². The summed E-state index contributed by atoms with van der Waals surface area (Å²) in [5.41, 5.74) is 0. The zero-order chi connectivity index (χ0) is 11.4. The number of nitrogens with zero attached hydrogens (tertiary/aromatic N) is 2. The zero-order valence-electron chi connectivity index (χ0n) is 9.02. The fourth-order valence-corrected chi connectivity index (χ4v) is 2.09. The van der Waals surface area contributed by atoms with Crippen LogP contribution in [0.15, 0.2) is 0 Å². The van der Waals surface area contributed by atoms with Crippen LogP contribution in [-0.4, -0.2) is 42.9 Å². The molecule has 1 saturated heterocycles. The predicted octanol–water partition coefficient (Wildman–Crippen LogP) is 0.346. The van der Waals surface area contributed by atoms with Gasteiger partial charge < -0.3 is 15.4 Å². The molecule has 1 aliphatic heterocycles. The van der Waals surface area contributed by atoms with E-state index >= 15 is 0 Å². The van der Waals surface area contributed by atoms with Crippen LogP contribution in [-0.2, 0) is 4.74 Å². The fraction of sp³-hybridized carbons (Fsp3) is 0.667. The first-order chi connectivity index (χ1) is 7.79. The van der Waals surface area contributed by atoms with Crippen LogP contribution in [0.2, 0.25) is 0 Å². The van der Waals surface area contributed by atoms with Crippen molar-refractivity contribution in [3.63, 3.8) is 0 Å². The lowest BCUT2D eigenvalue weighted by Crippen LogP contribution is -2.29. The van der Waals surface area contributed by atoms with Gasteiger partial charge in [0.1, 0.15) is 0 Å². The third kappa shape index (κ3) is 2.67. The minimum atomic E-state index is -0.161. The zero-order valence-corrected chi connectivity index (χ0v) is 9.84. The summed E-state index contributed by atoms with van der Waals surface area (Å²) < 4.78 is 5.23. The van der Waals surface area contributed by atoms with Gasteiger partial charge in [-0.25, -0.2) is 0 Å². The number of aromatic nitrogens is 2. The number of rotatable bonds is 4. The Hall–Kier alpha value is -1.21. The van der Waals surface area contributed by atoms with Crippen LogP contribution in [0, 0.1) is 5.92 Å². The van der Waals surface area contributed by atoms with Gasteiger partial charge in [0.25, 0.3) is 5.91 Å². The van der Waals surface area contributed by atoms with Gasteiger partial charge in [-0.1, -0.05) is 11.3 Å². The molecule has 2 N–H and O–H groups in total. The Morgan fingerprint density at radius 3 is 3.12 bits per heavy atom. The molecule has 7 heteroatoms. The van der Waals surface area contributed by atoms with Crippen LogP contribution in [0.1, 0.15) is 16.2 Å². The molecule has 1 aromatic rings. The molecule has 1 amide bonds. The van der Waals surface area contributed by atoms with E-state index in [1.165, 1.54) is 11.3 Å². The van der Waals surface area contributed by atoms with E-state index in [-0.39, 0.29) is 5.91 Å². The van der Waals surface area contributed by atoms with Crippen molar-refractivity contribution in [2.45, 2.75) is 6.42 Å². The molecule has 0 spiro atoms. The number of ether oxygens (including phenoxy) is 1. The normalized spacial score (nSPS) is 19.7. The number of hydrogen-bond donors (Lipinski definition) is 2. The second kappa shape index (κ2) is 5.22. The van der Waals surface area contributed by atoms with Gasteiger partial charge in [-0.3, -0.25) is 4.79 Å². The van der Waals surface area contributed by atoms with Crippen molar-refractivity contribution >= 4 is 22.4 Å². The highest BCUT2D eigenvalue weighted by Gasteiger charge is 2.18. The molecule has 0 radical (unpaired) electrons. The van der Waals surface area contributed by atoms with Gasteiger partial charge in [0.2, 0.25) is 10.1 Å². The van der Waals surface area contributed by atoms with Crippen LogP contribution in [0.3, 0.4) is 0 Å². The van der Waals surface area contributed by atoms with Gasteiger partial charge in [0.15, 0.2) is 0 Å². The lowest BCUT2D eigenvalue weighted by Gasteiger charge is -2.07. The van der Waals surface area contributed by atoms with E-state index in [4.69, 9.17) is 4.74 Å². The Labute approximate surface area is 97.4 Å². The van der Waals surface area contributed by atoms with Crippen molar-refractivity contribution in [2.24, 2.45) is 5.92 Å². The molecule has 0 bridgehead atoms. The Bertz CT molecular complexity index is 362. The first-order valence-corrected chi connectivity index (χ1v) is 5.98. The lowest BCUT2D eigenvalue weighted by molar-refractivity contribution is 0.0944. The molecule has 6 nitrogen and oxygen atoms in total. The molecule has 0 aliphatic carbocycles. The fourth-order valence-electron chi connectivity index (χ4n) is 1.47. The highest BCUT2D eigenvalue weighted by molar-refractivity contribution is 7.17. The van der Waals surface area contributed by atoms with Crippen molar-refractivity contribution in [2.75, 3.05) is 32.1 Å². The summed E-state index contributed by atoms with van der Waals surface area (Å²) in [6.45, 7) is 2.18. The second-order valence-electron chi connectivity index (χ2n) is 3.60. The van der Waals surface area contributed by atoms with Gasteiger partial charge >= 0.3 is 0 Å². The standard InChI is InChI=1S/C9H14N4O2S/c1-10-9-13-12-8(16-9)7(14)11-4-6-2-3-15-5-6/h6H,2-5H2,1H3,(H,10,13)(H,11,14). The lowest BCUT2D eigenvalue weighted by atomic mass is 10.1. The molecular formula is C9H14N4O2S. The molecule has 0 aromatic carbocycles. The number of amides is 1. The summed E-state index contributed by atoms with van der Waals surface area (Å²) in [4.78, 5) is 11.7. The SMILES string of the molecule is CNc1nnc(C(=O)NCC2CCOC2)s1. The molecule has 2 heterocycles. The van der Waals surface area contributed by atoms with E-state index in [0.29, 0.717) is 22.6 Å². The predicted molar refractivity (Wildman–Crippen MR) is 60.7 cm³/mol. The van der Waals surface area contributed by atoms with Crippen molar-refractivity contribution in [3.8, 4) is 0 Å². The largest absolute Gasteiger partial charge is 0.381 e. The molecule has 1 unspecified atom stereocenters. The van der Waals surface area contributed by atoms with E-state index in [9.17, 15) is 4.79 Å². The van der Waals surface area contributed by atoms with E-state index in [0.717, 1.165) is 19.6 Å². The van der Waals surface area contributed by atoms with Crippen molar-refractivity contribution in [1.82, 2.24) is 15.5 Å². The quantitative estimate of drug-likeness (QED) is 0.796. The average molecular weight is 242 g/mol. The van der Waals surface area contributed by atoms with E-state index in [1.54, 1.807) is 7.05 Å². The third-order valence-electron chi connectivity index (χ3n) is 2.41. The summed E-state index contributed by atoms with van der Waals surface area (Å²) in [7, 11) is 1.75. The molecule has 1 atom stereocenters. The number of carbonyl (C=O) groups excluding carboxylic acids is 1. The Kier molecular flexibility index (Phi) is 3.68. The molecule has 1 aliphatic rings. The monoisotopic (exact) mass is 242 g/mol. The molecule has 1 aromatic heterocycles. The van der Waals surface area contributed by atoms with Crippen LogP contribution < -0.4 is 10.6 Å². The van der Waals surface area contributed by atoms with Crippen LogP contribution in [0.25, 0.3) is 0 Å². The van der Waals surface area contributed by atoms with E-state index < -0.39 is 0 Å². The molecule has 0 saturated carbocycles. The summed E-state index contributed by atoms with van der Waals surface area (Å²) in [6, 6.07) is 0. The van der Waals surface area contributed by atoms with Gasteiger partial charge in [-0.15, -0.1) is 10.2 Å². The molecule has 2 rings (SSSR count). The van der Waals surface area contributed by atoms with Crippen LogP contribution >= 0.6 is 11.3 Å². The van der Waals surface area contributed by atoms with Crippen LogP contribution in [0.4, 0.5) is 5.13 Å². The second-order valence-corrected chi connectivity index (χ2v) is 4.58. The Balaban J connectivity index is 1.82. The molecule has 1 fully saturated rings. The summed E-state index contributed by atoms with van der Waals surface area (Å²) in [5.74, 6) is 0.270. The minimum Gasteiger partial charge on any atom is -0.381 e. The van der Waals surface area contributed by atoms with Crippen molar-refractivity contribution in [1.29, 1.82) is 0 Å². The van der Waals surface area contributed by atoms with E-state index in [2.05, 4.69) is 20.8 Å². The summed E-state index contributed by atoms with van der Waals surface area (Å²) in [5, 5.41) is 14.3. The minimum absolute atomic E-state index is 0.161. The van der Waals surface area contributed by atoms with Crippen molar-refractivity contribution in [3.05, 3.63) is 5.01 Å². The molecular weight excluding hydrogens is 228 g/mol. The number of nitrogens with one attached hydrogen (secondary N) is 2. The van der Waals surface area contributed by atoms with Gasteiger partial charge in [0.05, 0.1) is 6.61 Å². The first-order valence-electron chi connectivity index (χ1n) is 5.17. The van der Waals surface area contributed by atoms with Crippen LogP contribution in [0.5, 0.6) is 0 Å². The Morgan fingerprint density at radius 2 is 2.50 bits per heavy atom. The van der Waals surface area contributed by atoms with Gasteiger partial charge in [-0.2, -0.15) is 0 Å². The topological polar surface area (TPSA) is 76.1 Å². The highest BCUT2D eigenvalue weighted by atomic mass is 32.1. The number of hydrogen-bond acceptors (Lipinski definition) is 6. The summed E-state index contributed by atoms with van der Waals surface area (Å²) >= 11 is 1.25. The first kappa shape index (κ1) is 11.3. The highest BCUT2D eigenvalue weighted by Crippen LogP contribution is 2.15. The number of anilines is 1. The third-order valence-corrected chi connectivity index (χ3v) is 3.35. The van der Waals surface area contributed by atoms with E-state index in [1.807, 2.05) is 0 Å². The van der Waals surface area contributed by atoms with Crippen molar-refractivity contribution < 1.29 is 9.53 Å². The number of carbonyl (C=O) groups is 1. The molecule has 16 heavy (non-hydrogen) atoms. The Morgan fingerprint density at radius 1 is 1.62 bits per heavy atom. The average Bonchev–Trinajstić information content (AvgIpc) is 2.96. The maximum absolute atomic E-state index is 11.7. The smallest absolute Gasteiger partial charge is 0.282 e. The van der Waals surface area contributed by atoms with Gasteiger partial charge in [0, 0.05) is 26.1 Å².